The Morgan fingerprint density at radius 3 is 2.07 bits per heavy atom. The number of rotatable bonds is 6. The first kappa shape index (κ1) is 13.1. The molecule has 1 rings (SSSR count). The summed E-state index contributed by atoms with van der Waals surface area (Å²) in [6.07, 6.45) is 7.24. The highest BCUT2D eigenvalue weighted by molar-refractivity contribution is 4.83. The molecule has 0 amide bonds. The van der Waals surface area contributed by atoms with E-state index in [1.807, 2.05) is 0 Å². The van der Waals surface area contributed by atoms with Crippen molar-refractivity contribution in [3.63, 3.8) is 0 Å². The van der Waals surface area contributed by atoms with Crippen LogP contribution in [0.4, 0.5) is 0 Å². The molecular weight excluding hydrogens is 180 g/mol. The summed E-state index contributed by atoms with van der Waals surface area (Å²) in [5.74, 6) is 4.93. The summed E-state index contributed by atoms with van der Waals surface area (Å²) in [6, 6.07) is 0. The van der Waals surface area contributed by atoms with E-state index in [9.17, 15) is 0 Å². The molecule has 0 radical (unpaired) electrons. The van der Waals surface area contributed by atoms with E-state index in [4.69, 9.17) is 0 Å². The minimum atomic E-state index is 0.912. The summed E-state index contributed by atoms with van der Waals surface area (Å²) in [7, 11) is 0. The molecular formula is C15H30. The number of hydrogen-bond donors (Lipinski definition) is 0. The second kappa shape index (κ2) is 5.92. The topological polar surface area (TPSA) is 0 Å². The Hall–Kier alpha value is 0. The lowest BCUT2D eigenvalue weighted by Gasteiger charge is -2.40. The van der Waals surface area contributed by atoms with Gasteiger partial charge in [0.1, 0.15) is 0 Å². The van der Waals surface area contributed by atoms with E-state index in [0.29, 0.717) is 0 Å². The molecule has 0 aromatic rings. The van der Waals surface area contributed by atoms with Crippen LogP contribution in [0.5, 0.6) is 0 Å². The summed E-state index contributed by atoms with van der Waals surface area (Å²) in [6.45, 7) is 12.0. The van der Waals surface area contributed by atoms with Crippen molar-refractivity contribution in [1.82, 2.24) is 0 Å². The quantitative estimate of drug-likeness (QED) is 0.570. The third-order valence-corrected chi connectivity index (χ3v) is 5.01. The largest absolute Gasteiger partial charge is 0.0651 e. The maximum Gasteiger partial charge on any atom is -0.0383 e. The van der Waals surface area contributed by atoms with Gasteiger partial charge in [0, 0.05) is 0 Å². The Balaban J connectivity index is 2.21. The van der Waals surface area contributed by atoms with Crippen molar-refractivity contribution >= 4 is 0 Å². The standard InChI is InChI=1S/C15H30/c1-6-11(3)12(4)8-13(5)15-9-14(7-2)10-15/h11-15H,6-10H2,1-5H3. The Morgan fingerprint density at radius 1 is 1.00 bits per heavy atom. The SMILES string of the molecule is CCC1CC(C(C)CC(C)C(C)CC)C1. The molecule has 1 fully saturated rings. The third kappa shape index (κ3) is 3.50. The second-order valence-corrected chi connectivity index (χ2v) is 6.08. The van der Waals surface area contributed by atoms with Gasteiger partial charge in [0.25, 0.3) is 0 Å². The monoisotopic (exact) mass is 210 g/mol. The minimum absolute atomic E-state index is 0.912. The molecule has 0 bridgehead atoms. The normalized spacial score (nSPS) is 31.8. The van der Waals surface area contributed by atoms with Gasteiger partial charge in [-0.2, -0.15) is 0 Å². The molecule has 15 heavy (non-hydrogen) atoms. The van der Waals surface area contributed by atoms with Crippen LogP contribution < -0.4 is 0 Å². The van der Waals surface area contributed by atoms with E-state index in [-0.39, 0.29) is 0 Å². The van der Waals surface area contributed by atoms with Crippen molar-refractivity contribution < 1.29 is 0 Å². The zero-order valence-corrected chi connectivity index (χ0v) is 11.4. The van der Waals surface area contributed by atoms with Crippen LogP contribution >= 0.6 is 0 Å². The molecule has 0 heterocycles. The van der Waals surface area contributed by atoms with E-state index in [0.717, 1.165) is 29.6 Å². The second-order valence-electron chi connectivity index (χ2n) is 6.08. The highest BCUT2D eigenvalue weighted by Gasteiger charge is 2.32. The molecule has 0 saturated heterocycles. The Labute approximate surface area is 96.8 Å². The van der Waals surface area contributed by atoms with Crippen molar-refractivity contribution in [3.8, 4) is 0 Å². The van der Waals surface area contributed by atoms with Crippen LogP contribution in [0.25, 0.3) is 0 Å². The third-order valence-electron chi connectivity index (χ3n) is 5.01. The van der Waals surface area contributed by atoms with Crippen LogP contribution in [-0.4, -0.2) is 0 Å². The van der Waals surface area contributed by atoms with Crippen LogP contribution in [0.1, 0.15) is 66.7 Å². The fourth-order valence-electron chi connectivity index (χ4n) is 3.00. The maximum absolute atomic E-state index is 2.48. The molecule has 3 unspecified atom stereocenters. The van der Waals surface area contributed by atoms with Gasteiger partial charge in [-0.15, -0.1) is 0 Å². The van der Waals surface area contributed by atoms with Gasteiger partial charge in [-0.05, 0) is 48.9 Å². The van der Waals surface area contributed by atoms with Crippen molar-refractivity contribution in [1.29, 1.82) is 0 Å². The molecule has 0 aromatic carbocycles. The van der Waals surface area contributed by atoms with Crippen LogP contribution in [-0.2, 0) is 0 Å². The molecule has 0 nitrogen and oxygen atoms in total. The van der Waals surface area contributed by atoms with Crippen molar-refractivity contribution in [2.45, 2.75) is 66.7 Å². The molecule has 1 saturated carbocycles. The first-order valence-corrected chi connectivity index (χ1v) is 7.08. The smallest absolute Gasteiger partial charge is 0.0383 e. The van der Waals surface area contributed by atoms with Crippen LogP contribution in [0, 0.1) is 29.6 Å². The summed E-state index contributed by atoms with van der Waals surface area (Å²) in [4.78, 5) is 0. The molecule has 90 valence electrons. The van der Waals surface area contributed by atoms with Gasteiger partial charge >= 0.3 is 0 Å². The van der Waals surface area contributed by atoms with E-state index in [1.165, 1.54) is 32.1 Å². The predicted molar refractivity (Wildman–Crippen MR) is 68.9 cm³/mol. The van der Waals surface area contributed by atoms with Gasteiger partial charge < -0.3 is 0 Å². The first-order chi connectivity index (χ1) is 7.08. The van der Waals surface area contributed by atoms with Gasteiger partial charge in [0.05, 0.1) is 0 Å². The van der Waals surface area contributed by atoms with Crippen LogP contribution in [0.15, 0.2) is 0 Å². The van der Waals surface area contributed by atoms with Crippen molar-refractivity contribution in [2.75, 3.05) is 0 Å². The average Bonchev–Trinajstić information content (AvgIpc) is 2.14. The number of hydrogen-bond acceptors (Lipinski definition) is 0. The van der Waals surface area contributed by atoms with E-state index in [1.54, 1.807) is 0 Å². The summed E-state index contributed by atoms with van der Waals surface area (Å²) in [5.41, 5.74) is 0. The fraction of sp³-hybridized carbons (Fsp3) is 1.00. The van der Waals surface area contributed by atoms with E-state index in [2.05, 4.69) is 34.6 Å². The molecule has 0 N–H and O–H groups in total. The van der Waals surface area contributed by atoms with E-state index < -0.39 is 0 Å². The first-order valence-electron chi connectivity index (χ1n) is 7.08. The van der Waals surface area contributed by atoms with Gasteiger partial charge in [-0.3, -0.25) is 0 Å². The highest BCUT2D eigenvalue weighted by Crippen LogP contribution is 2.43. The molecule has 0 spiro atoms. The van der Waals surface area contributed by atoms with Gasteiger partial charge in [0.15, 0.2) is 0 Å². The Kier molecular flexibility index (Phi) is 5.15. The molecule has 0 heteroatoms. The molecule has 1 aliphatic rings. The predicted octanol–water partition coefficient (Wildman–Crippen LogP) is 5.13. The molecule has 3 atom stereocenters. The lowest BCUT2D eigenvalue weighted by molar-refractivity contribution is 0.107. The van der Waals surface area contributed by atoms with Gasteiger partial charge in [-0.1, -0.05) is 47.5 Å². The van der Waals surface area contributed by atoms with E-state index >= 15 is 0 Å². The lowest BCUT2D eigenvalue weighted by Crippen LogP contribution is -2.30. The molecule has 0 aliphatic heterocycles. The summed E-state index contributed by atoms with van der Waals surface area (Å²) < 4.78 is 0. The molecule has 1 aliphatic carbocycles. The van der Waals surface area contributed by atoms with Crippen molar-refractivity contribution in [2.24, 2.45) is 29.6 Å². The lowest BCUT2D eigenvalue weighted by atomic mass is 9.66. The van der Waals surface area contributed by atoms with Gasteiger partial charge in [-0.25, -0.2) is 0 Å². The van der Waals surface area contributed by atoms with Crippen LogP contribution in [0.3, 0.4) is 0 Å². The Morgan fingerprint density at radius 2 is 1.60 bits per heavy atom. The zero-order valence-electron chi connectivity index (χ0n) is 11.4. The highest BCUT2D eigenvalue weighted by atomic mass is 14.4. The Bertz CT molecular complexity index is 167. The van der Waals surface area contributed by atoms with Crippen molar-refractivity contribution in [3.05, 3.63) is 0 Å². The molecule has 0 aromatic heterocycles. The summed E-state index contributed by atoms with van der Waals surface area (Å²) >= 11 is 0. The minimum Gasteiger partial charge on any atom is -0.0651 e. The zero-order chi connectivity index (χ0) is 11.4. The maximum atomic E-state index is 2.48. The summed E-state index contributed by atoms with van der Waals surface area (Å²) in [5, 5.41) is 0. The fourth-order valence-corrected chi connectivity index (χ4v) is 3.00. The van der Waals surface area contributed by atoms with Crippen LogP contribution in [0.2, 0.25) is 0 Å². The average molecular weight is 210 g/mol. The van der Waals surface area contributed by atoms with Gasteiger partial charge in [0.2, 0.25) is 0 Å².